The van der Waals surface area contributed by atoms with Crippen LogP contribution in [0.15, 0.2) is 0 Å². The maximum absolute atomic E-state index is 11.8. The van der Waals surface area contributed by atoms with Gasteiger partial charge in [-0.3, -0.25) is 4.79 Å². The lowest BCUT2D eigenvalue weighted by Gasteiger charge is -2.31. The molecule has 0 atom stereocenters. The highest BCUT2D eigenvalue weighted by Crippen LogP contribution is 2.13. The molecule has 116 valence electrons. The summed E-state index contributed by atoms with van der Waals surface area (Å²) >= 11 is 0. The molecular formula is C12H27ClN2O3S. The molecule has 5 nitrogen and oxygen atoms in total. The van der Waals surface area contributed by atoms with Gasteiger partial charge in [-0.1, -0.05) is 27.7 Å². The van der Waals surface area contributed by atoms with E-state index in [2.05, 4.69) is 5.32 Å². The minimum absolute atomic E-state index is 0. The van der Waals surface area contributed by atoms with Gasteiger partial charge in [-0.05, 0) is 18.8 Å². The number of hydrogen-bond acceptors (Lipinski definition) is 4. The van der Waals surface area contributed by atoms with Crippen LogP contribution in [0.5, 0.6) is 0 Å². The Kier molecular flexibility index (Phi) is 9.68. The number of sulfone groups is 1. The minimum atomic E-state index is -3.33. The molecule has 0 rings (SSSR count). The van der Waals surface area contributed by atoms with E-state index in [1.165, 1.54) is 0 Å². The Labute approximate surface area is 123 Å². The predicted molar refractivity (Wildman–Crippen MR) is 81.2 cm³/mol. The first-order chi connectivity index (χ1) is 8.20. The van der Waals surface area contributed by atoms with Gasteiger partial charge in [-0.15, -0.1) is 12.4 Å². The quantitative estimate of drug-likeness (QED) is 0.702. The summed E-state index contributed by atoms with van der Waals surface area (Å²) in [5, 5.41) is 2.77. The Bertz CT molecular complexity index is 357. The van der Waals surface area contributed by atoms with E-state index in [-0.39, 0.29) is 24.1 Å². The Hall–Kier alpha value is -0.330. The summed E-state index contributed by atoms with van der Waals surface area (Å²) in [6.07, 6.45) is 1.38. The largest absolute Gasteiger partial charge is 0.349 e. The molecule has 0 fully saturated rings. The van der Waals surface area contributed by atoms with Gasteiger partial charge < -0.3 is 11.1 Å². The molecule has 0 spiro atoms. The fraction of sp³-hybridized carbons (Fsp3) is 0.917. The van der Waals surface area contributed by atoms with E-state index in [1.54, 1.807) is 0 Å². The number of carbonyl (C=O) groups is 1. The summed E-state index contributed by atoms with van der Waals surface area (Å²) < 4.78 is 23.4. The Balaban J connectivity index is 0. The maximum atomic E-state index is 11.8. The van der Waals surface area contributed by atoms with Crippen LogP contribution in [-0.2, 0) is 14.6 Å². The lowest BCUT2D eigenvalue weighted by atomic mass is 9.93. The topological polar surface area (TPSA) is 89.3 Å². The molecule has 3 N–H and O–H groups in total. The van der Waals surface area contributed by atoms with Crippen molar-refractivity contribution in [2.75, 3.05) is 18.1 Å². The van der Waals surface area contributed by atoms with Crippen LogP contribution in [0, 0.1) is 5.92 Å². The van der Waals surface area contributed by atoms with Gasteiger partial charge in [0.2, 0.25) is 5.91 Å². The van der Waals surface area contributed by atoms with E-state index in [4.69, 9.17) is 5.73 Å². The molecule has 0 heterocycles. The zero-order chi connectivity index (χ0) is 14.4. The monoisotopic (exact) mass is 314 g/mol. The molecule has 0 aliphatic carbocycles. The molecule has 0 aliphatic rings. The SMILES string of the molecule is CCC(CC)(CN)NC(=O)CS(=O)(=O)CC(C)C.Cl. The highest BCUT2D eigenvalue weighted by molar-refractivity contribution is 7.92. The third kappa shape index (κ3) is 7.74. The van der Waals surface area contributed by atoms with Gasteiger partial charge in [0.15, 0.2) is 9.84 Å². The maximum Gasteiger partial charge on any atom is 0.235 e. The third-order valence-electron chi connectivity index (χ3n) is 3.09. The van der Waals surface area contributed by atoms with Crippen LogP contribution < -0.4 is 11.1 Å². The second-order valence-electron chi connectivity index (χ2n) is 5.19. The summed E-state index contributed by atoms with van der Waals surface area (Å²) in [6.45, 7) is 7.81. The van der Waals surface area contributed by atoms with Crippen molar-refractivity contribution < 1.29 is 13.2 Å². The first kappa shape index (κ1) is 21.0. The second kappa shape index (κ2) is 8.76. The van der Waals surface area contributed by atoms with Gasteiger partial charge in [-0.25, -0.2) is 8.42 Å². The van der Waals surface area contributed by atoms with E-state index in [0.29, 0.717) is 19.4 Å². The third-order valence-corrected chi connectivity index (χ3v) is 4.96. The predicted octanol–water partition coefficient (Wildman–Crippen LogP) is 1.11. The van der Waals surface area contributed by atoms with Crippen molar-refractivity contribution >= 4 is 28.2 Å². The fourth-order valence-corrected chi connectivity index (χ4v) is 3.47. The molecule has 0 unspecified atom stereocenters. The number of nitrogens with two attached hydrogens (primary N) is 1. The molecular weight excluding hydrogens is 288 g/mol. The molecule has 0 aromatic heterocycles. The minimum Gasteiger partial charge on any atom is -0.349 e. The van der Waals surface area contributed by atoms with Crippen LogP contribution in [-0.4, -0.2) is 37.9 Å². The Morgan fingerprint density at radius 2 is 1.74 bits per heavy atom. The van der Waals surface area contributed by atoms with Gasteiger partial charge in [0.05, 0.1) is 11.3 Å². The van der Waals surface area contributed by atoms with Crippen molar-refractivity contribution in [2.45, 2.75) is 46.1 Å². The van der Waals surface area contributed by atoms with Gasteiger partial charge >= 0.3 is 0 Å². The van der Waals surface area contributed by atoms with Crippen LogP contribution >= 0.6 is 12.4 Å². The molecule has 7 heteroatoms. The zero-order valence-electron chi connectivity index (χ0n) is 12.2. The van der Waals surface area contributed by atoms with Crippen LogP contribution in [0.3, 0.4) is 0 Å². The highest BCUT2D eigenvalue weighted by Gasteiger charge is 2.28. The molecule has 1 amide bonds. The van der Waals surface area contributed by atoms with E-state index in [0.717, 1.165) is 0 Å². The van der Waals surface area contributed by atoms with Crippen molar-refractivity contribution in [2.24, 2.45) is 11.7 Å². The second-order valence-corrected chi connectivity index (χ2v) is 7.30. The number of nitrogens with one attached hydrogen (secondary N) is 1. The smallest absolute Gasteiger partial charge is 0.235 e. The van der Waals surface area contributed by atoms with Crippen molar-refractivity contribution in [3.8, 4) is 0 Å². The average molecular weight is 315 g/mol. The average Bonchev–Trinajstić information content (AvgIpc) is 2.23. The number of rotatable bonds is 8. The molecule has 0 bridgehead atoms. The lowest BCUT2D eigenvalue weighted by Crippen LogP contribution is -2.54. The molecule has 0 saturated heterocycles. The van der Waals surface area contributed by atoms with Crippen molar-refractivity contribution in [3.05, 3.63) is 0 Å². The lowest BCUT2D eigenvalue weighted by molar-refractivity contribution is -0.120. The Morgan fingerprint density at radius 1 is 1.26 bits per heavy atom. The zero-order valence-corrected chi connectivity index (χ0v) is 13.9. The van der Waals surface area contributed by atoms with Gasteiger partial charge in [0.25, 0.3) is 0 Å². The summed E-state index contributed by atoms with van der Waals surface area (Å²) in [6, 6.07) is 0. The summed E-state index contributed by atoms with van der Waals surface area (Å²) in [5.41, 5.74) is 5.18. The number of hydrogen-bond donors (Lipinski definition) is 2. The summed E-state index contributed by atoms with van der Waals surface area (Å²) in [5.74, 6) is -0.842. The van der Waals surface area contributed by atoms with Crippen LogP contribution in [0.4, 0.5) is 0 Å². The van der Waals surface area contributed by atoms with Gasteiger partial charge in [-0.2, -0.15) is 0 Å². The molecule has 19 heavy (non-hydrogen) atoms. The molecule has 0 saturated carbocycles. The standard InChI is InChI=1S/C12H26N2O3S.ClH/c1-5-12(6-2,9-13)14-11(15)8-18(16,17)7-10(3)4;/h10H,5-9,13H2,1-4H3,(H,14,15);1H. The summed E-state index contributed by atoms with van der Waals surface area (Å²) in [4.78, 5) is 11.8. The molecule has 0 aromatic carbocycles. The van der Waals surface area contributed by atoms with Crippen LogP contribution in [0.1, 0.15) is 40.5 Å². The van der Waals surface area contributed by atoms with Gasteiger partial charge in [0.1, 0.15) is 5.75 Å². The van der Waals surface area contributed by atoms with Gasteiger partial charge in [0, 0.05) is 6.54 Å². The van der Waals surface area contributed by atoms with E-state index >= 15 is 0 Å². The number of carbonyl (C=O) groups excluding carboxylic acids is 1. The van der Waals surface area contributed by atoms with Crippen molar-refractivity contribution in [3.63, 3.8) is 0 Å². The number of halogens is 1. The molecule has 0 aromatic rings. The number of amides is 1. The van der Waals surface area contributed by atoms with Crippen LogP contribution in [0.2, 0.25) is 0 Å². The van der Waals surface area contributed by atoms with Crippen LogP contribution in [0.25, 0.3) is 0 Å². The van der Waals surface area contributed by atoms with E-state index < -0.39 is 27.0 Å². The first-order valence-corrected chi connectivity index (χ1v) is 8.24. The first-order valence-electron chi connectivity index (χ1n) is 6.41. The highest BCUT2D eigenvalue weighted by atomic mass is 35.5. The molecule has 0 radical (unpaired) electrons. The fourth-order valence-electron chi connectivity index (χ4n) is 1.86. The van der Waals surface area contributed by atoms with Crippen molar-refractivity contribution in [1.82, 2.24) is 5.32 Å². The Morgan fingerprint density at radius 3 is 2.05 bits per heavy atom. The normalized spacial score (nSPS) is 12.1. The summed E-state index contributed by atoms with van der Waals surface area (Å²) in [7, 11) is -3.33. The van der Waals surface area contributed by atoms with E-state index in [9.17, 15) is 13.2 Å². The van der Waals surface area contributed by atoms with E-state index in [1.807, 2.05) is 27.7 Å². The van der Waals surface area contributed by atoms with Crippen molar-refractivity contribution in [1.29, 1.82) is 0 Å². The molecule has 0 aliphatic heterocycles.